The first-order valence-corrected chi connectivity index (χ1v) is 5.30. The van der Waals surface area contributed by atoms with Gasteiger partial charge >= 0.3 is 0 Å². The molecule has 0 bridgehead atoms. The van der Waals surface area contributed by atoms with E-state index >= 15 is 0 Å². The summed E-state index contributed by atoms with van der Waals surface area (Å²) in [5.41, 5.74) is 6.38. The second kappa shape index (κ2) is 6.42. The largest absolute Gasteiger partial charge is 0.409 e. The van der Waals surface area contributed by atoms with Crippen molar-refractivity contribution in [1.29, 1.82) is 0 Å². The number of halogens is 1. The molecule has 1 aromatic carbocycles. The van der Waals surface area contributed by atoms with Gasteiger partial charge in [-0.3, -0.25) is 0 Å². The summed E-state index contributed by atoms with van der Waals surface area (Å²) in [6.45, 7) is 0.984. The van der Waals surface area contributed by atoms with Gasteiger partial charge in [0.2, 0.25) is 0 Å². The topological polar surface area (TPSA) is 67.8 Å². The Kier molecular flexibility index (Phi) is 5.14. The number of ether oxygens (including phenoxy) is 1. The van der Waals surface area contributed by atoms with Crippen LogP contribution in [0, 0.1) is 0 Å². The second-order valence-corrected chi connectivity index (χ2v) is 3.94. The molecule has 0 saturated heterocycles. The van der Waals surface area contributed by atoms with Gasteiger partial charge in [-0.25, -0.2) is 0 Å². The van der Waals surface area contributed by atoms with Gasteiger partial charge < -0.3 is 15.7 Å². The zero-order valence-electron chi connectivity index (χ0n) is 8.19. The highest BCUT2D eigenvalue weighted by Gasteiger charge is 1.95. The lowest BCUT2D eigenvalue weighted by molar-refractivity contribution is 0.127. The van der Waals surface area contributed by atoms with Gasteiger partial charge in [0.1, 0.15) is 5.84 Å². The number of oxime groups is 1. The van der Waals surface area contributed by atoms with Crippen molar-refractivity contribution >= 4 is 21.8 Å². The Bertz CT molecular complexity index is 325. The average Bonchev–Trinajstić information content (AvgIpc) is 2.26. The third-order valence-electron chi connectivity index (χ3n) is 1.81. The van der Waals surface area contributed by atoms with Crippen LogP contribution in [-0.2, 0) is 11.3 Å². The minimum atomic E-state index is 0.186. The van der Waals surface area contributed by atoms with E-state index in [9.17, 15) is 0 Å². The van der Waals surface area contributed by atoms with Gasteiger partial charge in [0, 0.05) is 10.9 Å². The molecule has 1 aromatic rings. The van der Waals surface area contributed by atoms with Crippen molar-refractivity contribution in [2.24, 2.45) is 10.9 Å². The normalized spacial score (nSPS) is 11.7. The number of hydrogen-bond donors (Lipinski definition) is 2. The van der Waals surface area contributed by atoms with Gasteiger partial charge in [0.25, 0.3) is 0 Å². The summed E-state index contributed by atoms with van der Waals surface area (Å²) in [6.07, 6.45) is 0.438. The first kappa shape index (κ1) is 12.0. The molecular weight excluding hydrogens is 260 g/mol. The summed E-state index contributed by atoms with van der Waals surface area (Å²) in [5.74, 6) is 0.186. The SMILES string of the molecule is N/C(CCOCc1ccc(Br)cc1)=N/O. The number of nitrogens with zero attached hydrogens (tertiary/aromatic N) is 1. The summed E-state index contributed by atoms with van der Waals surface area (Å²) in [4.78, 5) is 0. The van der Waals surface area contributed by atoms with E-state index in [4.69, 9.17) is 15.7 Å². The maximum absolute atomic E-state index is 8.28. The monoisotopic (exact) mass is 272 g/mol. The number of nitrogens with two attached hydrogens (primary N) is 1. The van der Waals surface area contributed by atoms with E-state index in [2.05, 4.69) is 21.1 Å². The van der Waals surface area contributed by atoms with Crippen LogP contribution in [0.25, 0.3) is 0 Å². The molecule has 0 aromatic heterocycles. The highest BCUT2D eigenvalue weighted by Crippen LogP contribution is 2.11. The predicted octanol–water partition coefficient (Wildman–Crippen LogP) is 2.10. The number of rotatable bonds is 5. The average molecular weight is 273 g/mol. The van der Waals surface area contributed by atoms with Crippen LogP contribution in [0.15, 0.2) is 33.9 Å². The van der Waals surface area contributed by atoms with Crippen molar-refractivity contribution in [3.8, 4) is 0 Å². The van der Waals surface area contributed by atoms with Crippen LogP contribution < -0.4 is 5.73 Å². The van der Waals surface area contributed by atoms with Crippen LogP contribution in [-0.4, -0.2) is 17.6 Å². The molecule has 3 N–H and O–H groups in total. The Labute approximate surface area is 96.9 Å². The molecule has 0 heterocycles. The molecule has 0 fully saturated rings. The lowest BCUT2D eigenvalue weighted by atomic mass is 10.2. The van der Waals surface area contributed by atoms with Gasteiger partial charge in [-0.15, -0.1) is 0 Å². The van der Waals surface area contributed by atoms with E-state index in [1.165, 1.54) is 0 Å². The van der Waals surface area contributed by atoms with Crippen LogP contribution >= 0.6 is 15.9 Å². The molecular formula is C10H13BrN2O2. The third kappa shape index (κ3) is 4.80. The minimum Gasteiger partial charge on any atom is -0.409 e. The number of hydrogen-bond acceptors (Lipinski definition) is 3. The van der Waals surface area contributed by atoms with Crippen LogP contribution in [0.2, 0.25) is 0 Å². The highest BCUT2D eigenvalue weighted by molar-refractivity contribution is 9.10. The summed E-state index contributed by atoms with van der Waals surface area (Å²) >= 11 is 3.35. The molecule has 82 valence electrons. The standard InChI is InChI=1S/C10H13BrN2O2/c11-9-3-1-8(2-4-9)7-15-6-5-10(12)13-14/h1-4,14H,5-7H2,(H2,12,13). The van der Waals surface area contributed by atoms with Crippen molar-refractivity contribution in [3.05, 3.63) is 34.3 Å². The summed E-state index contributed by atoms with van der Waals surface area (Å²) in [6, 6.07) is 7.88. The van der Waals surface area contributed by atoms with Crippen LogP contribution in [0.3, 0.4) is 0 Å². The molecule has 0 aliphatic rings. The maximum Gasteiger partial charge on any atom is 0.141 e. The summed E-state index contributed by atoms with van der Waals surface area (Å²) in [5, 5.41) is 11.1. The maximum atomic E-state index is 8.28. The third-order valence-corrected chi connectivity index (χ3v) is 2.34. The van der Waals surface area contributed by atoms with Crippen molar-refractivity contribution < 1.29 is 9.94 Å². The van der Waals surface area contributed by atoms with Crippen LogP contribution in [0.4, 0.5) is 0 Å². The molecule has 4 nitrogen and oxygen atoms in total. The Balaban J connectivity index is 2.23. The lowest BCUT2D eigenvalue weighted by Gasteiger charge is -2.03. The van der Waals surface area contributed by atoms with Crippen LogP contribution in [0.1, 0.15) is 12.0 Å². The van der Waals surface area contributed by atoms with Gasteiger partial charge in [-0.05, 0) is 17.7 Å². The molecule has 15 heavy (non-hydrogen) atoms. The molecule has 1 rings (SSSR count). The van der Waals surface area contributed by atoms with Crippen molar-refractivity contribution in [1.82, 2.24) is 0 Å². The molecule has 0 unspecified atom stereocenters. The molecule has 0 aliphatic carbocycles. The quantitative estimate of drug-likeness (QED) is 0.284. The fourth-order valence-corrected chi connectivity index (χ4v) is 1.26. The van der Waals surface area contributed by atoms with E-state index in [0.717, 1.165) is 10.0 Å². The van der Waals surface area contributed by atoms with E-state index < -0.39 is 0 Å². The Morgan fingerprint density at radius 2 is 2.07 bits per heavy atom. The zero-order chi connectivity index (χ0) is 11.1. The minimum absolute atomic E-state index is 0.186. The van der Waals surface area contributed by atoms with Crippen molar-refractivity contribution in [2.75, 3.05) is 6.61 Å². The molecule has 0 spiro atoms. The van der Waals surface area contributed by atoms with Gasteiger partial charge in [-0.1, -0.05) is 33.2 Å². The van der Waals surface area contributed by atoms with E-state index in [1.54, 1.807) is 0 Å². The number of amidine groups is 1. The fourth-order valence-electron chi connectivity index (χ4n) is 0.997. The van der Waals surface area contributed by atoms with Crippen molar-refractivity contribution in [2.45, 2.75) is 13.0 Å². The lowest BCUT2D eigenvalue weighted by Crippen LogP contribution is -2.14. The summed E-state index contributed by atoms with van der Waals surface area (Å²) in [7, 11) is 0. The van der Waals surface area contributed by atoms with Gasteiger partial charge in [0.15, 0.2) is 0 Å². The smallest absolute Gasteiger partial charge is 0.141 e. The fraction of sp³-hybridized carbons (Fsp3) is 0.300. The van der Waals surface area contributed by atoms with Crippen molar-refractivity contribution in [3.63, 3.8) is 0 Å². The Hall–Kier alpha value is -1.07. The second-order valence-electron chi connectivity index (χ2n) is 3.02. The molecule has 0 radical (unpaired) electrons. The first-order chi connectivity index (χ1) is 7.22. The molecule has 0 aliphatic heterocycles. The van der Waals surface area contributed by atoms with E-state index in [0.29, 0.717) is 19.6 Å². The van der Waals surface area contributed by atoms with Gasteiger partial charge in [0.05, 0.1) is 13.2 Å². The predicted molar refractivity (Wildman–Crippen MR) is 61.8 cm³/mol. The van der Waals surface area contributed by atoms with Gasteiger partial charge in [-0.2, -0.15) is 0 Å². The first-order valence-electron chi connectivity index (χ1n) is 4.51. The van der Waals surface area contributed by atoms with E-state index in [-0.39, 0.29) is 5.84 Å². The summed E-state index contributed by atoms with van der Waals surface area (Å²) < 4.78 is 6.39. The van der Waals surface area contributed by atoms with E-state index in [1.807, 2.05) is 24.3 Å². The molecule has 0 atom stereocenters. The Morgan fingerprint density at radius 1 is 1.40 bits per heavy atom. The Morgan fingerprint density at radius 3 is 2.67 bits per heavy atom. The zero-order valence-corrected chi connectivity index (χ0v) is 9.77. The highest BCUT2D eigenvalue weighted by atomic mass is 79.9. The number of benzene rings is 1. The molecule has 5 heteroatoms. The molecule has 0 saturated carbocycles. The van der Waals surface area contributed by atoms with Crippen LogP contribution in [0.5, 0.6) is 0 Å². The molecule has 0 amide bonds.